The molecule has 1 amide bonds. The van der Waals surface area contributed by atoms with Gasteiger partial charge in [0.05, 0.1) is 14.2 Å². The third-order valence-corrected chi connectivity index (χ3v) is 4.60. The van der Waals surface area contributed by atoms with Gasteiger partial charge in [0.15, 0.2) is 11.5 Å². The topological polar surface area (TPSA) is 59.6 Å². The number of anilines is 1. The predicted octanol–water partition coefficient (Wildman–Crippen LogP) is 4.34. The van der Waals surface area contributed by atoms with E-state index in [1.54, 1.807) is 20.3 Å². The third kappa shape index (κ3) is 4.78. The van der Waals surface area contributed by atoms with Gasteiger partial charge >= 0.3 is 0 Å². The Kier molecular flexibility index (Phi) is 6.62. The summed E-state index contributed by atoms with van der Waals surface area (Å²) in [5, 5.41) is 6.38. The smallest absolute Gasteiger partial charge is 0.250 e. The van der Waals surface area contributed by atoms with Crippen molar-refractivity contribution in [2.75, 3.05) is 19.5 Å². The molecule has 0 bridgehead atoms. The molecule has 0 atom stereocenters. The molecule has 0 radical (unpaired) electrons. The molecule has 0 saturated carbocycles. The summed E-state index contributed by atoms with van der Waals surface area (Å²) in [6.07, 6.45) is 2.42. The number of carbonyl (C=O) groups excluding carboxylic acids is 1. The Morgan fingerprint density at radius 3 is 2.32 bits per heavy atom. The largest absolute Gasteiger partial charge is 0.493 e. The van der Waals surface area contributed by atoms with Gasteiger partial charge in [-0.15, -0.1) is 12.4 Å². The summed E-state index contributed by atoms with van der Waals surface area (Å²) in [4.78, 5) is 12.6. The molecule has 1 heterocycles. The Morgan fingerprint density at radius 1 is 1.11 bits per heavy atom. The molecule has 28 heavy (non-hydrogen) atoms. The molecule has 2 N–H and O–H groups in total. The van der Waals surface area contributed by atoms with E-state index < -0.39 is 0 Å². The molecule has 0 unspecified atom stereocenters. The van der Waals surface area contributed by atoms with Crippen LogP contribution in [0.3, 0.4) is 0 Å². The van der Waals surface area contributed by atoms with Crippen LogP contribution < -0.4 is 20.1 Å². The van der Waals surface area contributed by atoms with Crippen LogP contribution in [0, 0.1) is 6.92 Å². The minimum Gasteiger partial charge on any atom is -0.493 e. The highest BCUT2D eigenvalue weighted by Crippen LogP contribution is 2.37. The van der Waals surface area contributed by atoms with Crippen molar-refractivity contribution in [1.29, 1.82) is 0 Å². The number of ether oxygens (including phenoxy) is 2. The molecule has 0 saturated heterocycles. The lowest BCUT2D eigenvalue weighted by Crippen LogP contribution is -2.44. The van der Waals surface area contributed by atoms with Gasteiger partial charge in [-0.2, -0.15) is 0 Å². The number of benzene rings is 2. The summed E-state index contributed by atoms with van der Waals surface area (Å²) in [5.41, 5.74) is 4.58. The number of hydrogen-bond acceptors (Lipinski definition) is 4. The van der Waals surface area contributed by atoms with Crippen LogP contribution in [0.15, 0.2) is 42.5 Å². The van der Waals surface area contributed by atoms with Crippen LogP contribution in [0.1, 0.15) is 30.5 Å². The second kappa shape index (κ2) is 8.57. The van der Waals surface area contributed by atoms with E-state index in [-0.39, 0.29) is 23.9 Å². The fourth-order valence-electron chi connectivity index (χ4n) is 3.33. The Labute approximate surface area is 172 Å². The van der Waals surface area contributed by atoms with Crippen molar-refractivity contribution in [3.63, 3.8) is 0 Å². The molecular formula is C22H27ClN2O3. The van der Waals surface area contributed by atoms with Gasteiger partial charge in [-0.1, -0.05) is 17.7 Å². The second-order valence-corrected chi connectivity index (χ2v) is 7.46. The lowest BCUT2D eigenvalue weighted by Gasteiger charge is -2.36. The third-order valence-electron chi connectivity index (χ3n) is 4.60. The summed E-state index contributed by atoms with van der Waals surface area (Å²) in [6.45, 7) is 6.23. The van der Waals surface area contributed by atoms with E-state index in [0.29, 0.717) is 11.5 Å². The Hall–Kier alpha value is -2.66. The van der Waals surface area contributed by atoms with Crippen molar-refractivity contribution >= 4 is 29.7 Å². The molecule has 150 valence electrons. The first-order valence-corrected chi connectivity index (χ1v) is 8.94. The average Bonchev–Trinajstić information content (AvgIpc) is 2.61. The minimum atomic E-state index is -0.181. The van der Waals surface area contributed by atoms with Crippen LogP contribution in [-0.2, 0) is 11.2 Å². The fourth-order valence-corrected chi connectivity index (χ4v) is 3.33. The molecule has 0 fully saturated rings. The number of nitrogens with one attached hydrogen (secondary N) is 2. The van der Waals surface area contributed by atoms with Crippen molar-refractivity contribution in [2.45, 2.75) is 32.7 Å². The highest BCUT2D eigenvalue weighted by atomic mass is 35.5. The number of carbonyl (C=O) groups is 1. The Bertz CT molecular complexity index is 889. The maximum Gasteiger partial charge on any atom is 0.250 e. The number of rotatable bonds is 4. The van der Waals surface area contributed by atoms with Gasteiger partial charge in [0, 0.05) is 28.6 Å². The first kappa shape index (κ1) is 21.6. The molecule has 0 aromatic heterocycles. The van der Waals surface area contributed by atoms with Crippen LogP contribution in [0.25, 0.3) is 5.70 Å². The number of fused-ring (bicyclic) bond motifs is 1. The molecule has 5 nitrogen and oxygen atoms in total. The zero-order valence-corrected chi connectivity index (χ0v) is 17.7. The standard InChI is InChI=1S/C22H26N2O3.ClH/c1-14-6-8-16(9-7-14)23-21(25)12-18-17-11-20(27-5)19(26-4)10-15(17)13-22(2,3)24-18;/h6-12,24H,13H2,1-5H3,(H,23,25);1H/b18-12-;. The first-order chi connectivity index (χ1) is 12.8. The van der Waals surface area contributed by atoms with E-state index in [1.807, 2.05) is 43.3 Å². The average molecular weight is 403 g/mol. The van der Waals surface area contributed by atoms with Gasteiger partial charge in [-0.25, -0.2) is 0 Å². The SMILES string of the molecule is COc1cc2c(cc1OC)/C(=C/C(=O)Nc1ccc(C)cc1)NC(C)(C)C2.Cl. The maximum atomic E-state index is 12.6. The number of aryl methyl sites for hydroxylation is 1. The quantitative estimate of drug-likeness (QED) is 0.747. The van der Waals surface area contributed by atoms with Gasteiger partial charge in [0.2, 0.25) is 5.91 Å². The van der Waals surface area contributed by atoms with Crippen molar-refractivity contribution in [1.82, 2.24) is 5.32 Å². The summed E-state index contributed by atoms with van der Waals surface area (Å²) in [7, 11) is 3.24. The van der Waals surface area contributed by atoms with Crippen LogP contribution >= 0.6 is 12.4 Å². The lowest BCUT2D eigenvalue weighted by molar-refractivity contribution is -0.111. The van der Waals surface area contributed by atoms with E-state index >= 15 is 0 Å². The molecular weight excluding hydrogens is 376 g/mol. The molecule has 0 aliphatic carbocycles. The molecule has 3 rings (SSSR count). The highest BCUT2D eigenvalue weighted by Gasteiger charge is 2.29. The Balaban J connectivity index is 0.00000280. The second-order valence-electron chi connectivity index (χ2n) is 7.46. The van der Waals surface area contributed by atoms with E-state index in [4.69, 9.17) is 9.47 Å². The molecule has 1 aliphatic heterocycles. The number of methoxy groups -OCH3 is 2. The van der Waals surface area contributed by atoms with Crippen LogP contribution in [0.4, 0.5) is 5.69 Å². The lowest BCUT2D eigenvalue weighted by atomic mass is 9.85. The highest BCUT2D eigenvalue weighted by molar-refractivity contribution is 6.04. The van der Waals surface area contributed by atoms with Crippen molar-refractivity contribution in [3.05, 3.63) is 59.2 Å². The molecule has 6 heteroatoms. The normalized spacial score (nSPS) is 15.7. The zero-order chi connectivity index (χ0) is 19.6. The van der Waals surface area contributed by atoms with Gasteiger partial charge < -0.3 is 20.1 Å². The Morgan fingerprint density at radius 2 is 1.71 bits per heavy atom. The fraction of sp³-hybridized carbons (Fsp3) is 0.318. The van der Waals surface area contributed by atoms with Crippen LogP contribution in [0.5, 0.6) is 11.5 Å². The van der Waals surface area contributed by atoms with E-state index in [0.717, 1.165) is 34.5 Å². The van der Waals surface area contributed by atoms with Crippen molar-refractivity contribution in [2.24, 2.45) is 0 Å². The maximum absolute atomic E-state index is 12.6. The van der Waals surface area contributed by atoms with Gasteiger partial charge in [0.25, 0.3) is 0 Å². The predicted molar refractivity (Wildman–Crippen MR) is 115 cm³/mol. The molecule has 2 aromatic rings. The van der Waals surface area contributed by atoms with Gasteiger partial charge in [0.1, 0.15) is 0 Å². The minimum absolute atomic E-state index is 0. The van der Waals surface area contributed by atoms with E-state index in [1.165, 1.54) is 0 Å². The van der Waals surface area contributed by atoms with Crippen molar-refractivity contribution in [3.8, 4) is 11.5 Å². The zero-order valence-electron chi connectivity index (χ0n) is 16.9. The summed E-state index contributed by atoms with van der Waals surface area (Å²) in [5.74, 6) is 1.15. The monoisotopic (exact) mass is 402 g/mol. The van der Waals surface area contributed by atoms with Crippen LogP contribution in [-0.4, -0.2) is 25.7 Å². The van der Waals surface area contributed by atoms with Gasteiger partial charge in [-0.3, -0.25) is 4.79 Å². The number of halogens is 1. The molecule has 0 spiro atoms. The summed E-state index contributed by atoms with van der Waals surface area (Å²) < 4.78 is 10.9. The molecule has 2 aromatic carbocycles. The molecule has 1 aliphatic rings. The number of amides is 1. The van der Waals surface area contributed by atoms with Crippen LogP contribution in [0.2, 0.25) is 0 Å². The summed E-state index contributed by atoms with van der Waals surface area (Å²) in [6, 6.07) is 11.6. The van der Waals surface area contributed by atoms with Crippen molar-refractivity contribution < 1.29 is 14.3 Å². The summed E-state index contributed by atoms with van der Waals surface area (Å²) >= 11 is 0. The first-order valence-electron chi connectivity index (χ1n) is 8.94. The van der Waals surface area contributed by atoms with Gasteiger partial charge in [-0.05, 0) is 57.0 Å². The van der Waals surface area contributed by atoms with E-state index in [2.05, 4.69) is 24.5 Å². The number of hydrogen-bond donors (Lipinski definition) is 2. The van der Waals surface area contributed by atoms with E-state index in [9.17, 15) is 4.79 Å².